The second kappa shape index (κ2) is 5.48. The molecule has 2 heterocycles. The Morgan fingerprint density at radius 1 is 0.750 bits per heavy atom. The molecule has 110 valence electrons. The monoisotopic (exact) mass is 312 g/mol. The van der Waals surface area contributed by atoms with Gasteiger partial charge in [-0.2, -0.15) is 0 Å². The van der Waals surface area contributed by atoms with Crippen molar-refractivity contribution in [1.82, 2.24) is 9.97 Å². The third kappa shape index (κ3) is 3.82. The zero-order valence-corrected chi connectivity index (χ0v) is 14.3. The van der Waals surface area contributed by atoms with Crippen LogP contribution in [0.1, 0.15) is 52.9 Å². The van der Waals surface area contributed by atoms with Gasteiger partial charge in [0.2, 0.25) is 0 Å². The van der Waals surface area contributed by atoms with E-state index in [-0.39, 0.29) is 10.8 Å². The van der Waals surface area contributed by atoms with E-state index in [1.807, 2.05) is 0 Å². The van der Waals surface area contributed by atoms with Crippen LogP contribution in [0, 0.1) is 0 Å². The Morgan fingerprint density at radius 2 is 1.10 bits per heavy atom. The molecule has 0 amide bonds. The molecule has 2 aromatic rings. The van der Waals surface area contributed by atoms with Crippen LogP contribution in [0.2, 0.25) is 0 Å². The molecule has 0 atom stereocenters. The largest absolute Gasteiger partial charge is 0.439 e. The Labute approximate surface area is 127 Å². The van der Waals surface area contributed by atoms with E-state index < -0.39 is 0 Å². The van der Waals surface area contributed by atoms with Gasteiger partial charge in [-0.15, -0.1) is 0 Å². The van der Waals surface area contributed by atoms with Crippen molar-refractivity contribution < 1.29 is 8.83 Å². The summed E-state index contributed by atoms with van der Waals surface area (Å²) in [5.74, 6) is 0. The maximum atomic E-state index is 5.45. The highest BCUT2D eigenvalue weighted by Crippen LogP contribution is 2.38. The molecule has 0 fully saturated rings. The van der Waals surface area contributed by atoms with Crippen LogP contribution in [-0.4, -0.2) is 9.97 Å². The van der Waals surface area contributed by atoms with E-state index in [4.69, 9.17) is 8.83 Å². The molecule has 0 N–H and O–H groups in total. The van der Waals surface area contributed by atoms with E-state index in [9.17, 15) is 0 Å². The molecule has 2 rings (SSSR count). The first kappa shape index (κ1) is 15.5. The minimum absolute atomic E-state index is 0.00465. The summed E-state index contributed by atoms with van der Waals surface area (Å²) in [5, 5.41) is 1.24. The van der Waals surface area contributed by atoms with Gasteiger partial charge in [-0.25, -0.2) is 9.97 Å². The fourth-order valence-electron chi connectivity index (χ4n) is 1.35. The van der Waals surface area contributed by atoms with Crippen molar-refractivity contribution in [2.75, 3.05) is 0 Å². The molecule has 0 aliphatic heterocycles. The van der Waals surface area contributed by atoms with E-state index in [0.29, 0.717) is 10.4 Å². The van der Waals surface area contributed by atoms with Gasteiger partial charge in [0, 0.05) is 32.4 Å². The summed E-state index contributed by atoms with van der Waals surface area (Å²) in [4.78, 5) is 8.92. The molecular weight excluding hydrogens is 292 g/mol. The zero-order chi connectivity index (χ0) is 15.0. The van der Waals surface area contributed by atoms with E-state index in [1.165, 1.54) is 21.6 Å². The van der Waals surface area contributed by atoms with Crippen molar-refractivity contribution in [3.63, 3.8) is 0 Å². The van der Waals surface area contributed by atoms with Crippen LogP contribution in [0.5, 0.6) is 0 Å². The van der Waals surface area contributed by atoms with Gasteiger partial charge in [0.1, 0.15) is 12.5 Å². The number of oxazole rings is 2. The first-order valence-corrected chi connectivity index (χ1v) is 8.58. The van der Waals surface area contributed by atoms with Crippen molar-refractivity contribution in [3.05, 3.63) is 23.9 Å². The number of hydrogen-bond acceptors (Lipinski definition) is 6. The molecule has 0 aliphatic rings. The van der Waals surface area contributed by atoms with E-state index in [1.54, 1.807) is 12.5 Å². The predicted molar refractivity (Wildman–Crippen MR) is 82.1 cm³/mol. The van der Waals surface area contributed by atoms with E-state index in [2.05, 4.69) is 51.5 Å². The van der Waals surface area contributed by atoms with Crippen molar-refractivity contribution in [1.29, 1.82) is 0 Å². The van der Waals surface area contributed by atoms with Crippen LogP contribution in [0.4, 0.5) is 0 Å². The van der Waals surface area contributed by atoms with Crippen LogP contribution >= 0.6 is 21.6 Å². The molecule has 20 heavy (non-hydrogen) atoms. The third-order valence-corrected chi connectivity index (χ3v) is 4.54. The SMILES string of the molecule is CC(C)(C)c1coc(SSc2nc(C(C)(C)C)co2)n1. The number of aromatic nitrogens is 2. The molecule has 0 spiro atoms. The Balaban J connectivity index is 1.99. The fourth-order valence-corrected chi connectivity index (χ4v) is 2.83. The Morgan fingerprint density at radius 3 is 1.35 bits per heavy atom. The maximum absolute atomic E-state index is 5.45. The van der Waals surface area contributed by atoms with Gasteiger partial charge in [-0.05, 0) is 0 Å². The Kier molecular flexibility index (Phi) is 4.25. The summed E-state index contributed by atoms with van der Waals surface area (Å²) < 4.78 is 10.9. The molecular formula is C14H20N2O2S2. The lowest BCUT2D eigenvalue weighted by Crippen LogP contribution is -2.11. The second-order valence-electron chi connectivity index (χ2n) is 6.66. The van der Waals surface area contributed by atoms with Gasteiger partial charge in [-0.1, -0.05) is 41.5 Å². The van der Waals surface area contributed by atoms with Crippen molar-refractivity contribution in [2.45, 2.75) is 62.8 Å². The second-order valence-corrected chi connectivity index (χ2v) is 8.70. The molecule has 0 unspecified atom stereocenters. The minimum Gasteiger partial charge on any atom is -0.439 e. The topological polar surface area (TPSA) is 52.1 Å². The number of nitrogens with zero attached hydrogens (tertiary/aromatic N) is 2. The highest BCUT2D eigenvalue weighted by Gasteiger charge is 2.21. The number of hydrogen-bond donors (Lipinski definition) is 0. The standard InChI is InChI=1S/C14H20N2O2S2/c1-13(2,3)9-7-17-11(15-9)19-20-12-16-10(8-18-12)14(4,5)6/h7-8H,1-6H3. The summed E-state index contributed by atoms with van der Waals surface area (Å²) in [6.07, 6.45) is 3.41. The Hall–Kier alpha value is -0.880. The average Bonchev–Trinajstić information content (AvgIpc) is 2.94. The molecule has 0 radical (unpaired) electrons. The van der Waals surface area contributed by atoms with Gasteiger partial charge >= 0.3 is 0 Å². The molecule has 0 saturated heterocycles. The zero-order valence-electron chi connectivity index (χ0n) is 12.7. The van der Waals surface area contributed by atoms with Crippen molar-refractivity contribution in [3.8, 4) is 0 Å². The summed E-state index contributed by atoms with van der Waals surface area (Å²) >= 11 is 0. The lowest BCUT2D eigenvalue weighted by Gasteiger charge is -2.12. The lowest BCUT2D eigenvalue weighted by atomic mass is 9.93. The normalized spacial score (nSPS) is 12.9. The fraction of sp³-hybridized carbons (Fsp3) is 0.571. The molecule has 0 saturated carbocycles. The molecule has 6 heteroatoms. The smallest absolute Gasteiger partial charge is 0.267 e. The van der Waals surface area contributed by atoms with Gasteiger partial charge in [0.15, 0.2) is 0 Å². The quantitative estimate of drug-likeness (QED) is 0.739. The lowest BCUT2D eigenvalue weighted by molar-refractivity contribution is 0.451. The molecule has 2 aromatic heterocycles. The first-order valence-electron chi connectivity index (χ1n) is 6.43. The van der Waals surface area contributed by atoms with Gasteiger partial charge in [0.05, 0.1) is 11.4 Å². The third-order valence-electron chi connectivity index (χ3n) is 2.69. The molecule has 0 bridgehead atoms. The van der Waals surface area contributed by atoms with E-state index >= 15 is 0 Å². The summed E-state index contributed by atoms with van der Waals surface area (Å²) in [7, 11) is 2.83. The molecule has 0 aromatic carbocycles. The first-order chi connectivity index (χ1) is 9.16. The highest BCUT2D eigenvalue weighted by atomic mass is 33.1. The summed E-state index contributed by atoms with van der Waals surface area (Å²) in [6.45, 7) is 12.6. The molecule has 0 aliphatic carbocycles. The average molecular weight is 312 g/mol. The van der Waals surface area contributed by atoms with Crippen LogP contribution in [0.15, 0.2) is 31.8 Å². The predicted octanol–water partition coefficient (Wildman–Crippen LogP) is 5.06. The van der Waals surface area contributed by atoms with Crippen molar-refractivity contribution in [2.24, 2.45) is 0 Å². The van der Waals surface area contributed by atoms with Gasteiger partial charge < -0.3 is 8.83 Å². The summed E-state index contributed by atoms with van der Waals surface area (Å²) in [6, 6.07) is 0. The van der Waals surface area contributed by atoms with Gasteiger partial charge in [-0.3, -0.25) is 0 Å². The summed E-state index contributed by atoms with van der Waals surface area (Å²) in [5.41, 5.74) is 1.89. The number of rotatable bonds is 3. The van der Waals surface area contributed by atoms with E-state index in [0.717, 1.165) is 11.4 Å². The van der Waals surface area contributed by atoms with Crippen LogP contribution in [-0.2, 0) is 10.8 Å². The highest BCUT2D eigenvalue weighted by molar-refractivity contribution is 8.76. The van der Waals surface area contributed by atoms with Crippen molar-refractivity contribution >= 4 is 21.6 Å². The van der Waals surface area contributed by atoms with Gasteiger partial charge in [0.25, 0.3) is 10.4 Å². The van der Waals surface area contributed by atoms with Crippen LogP contribution in [0.3, 0.4) is 0 Å². The Bertz CT molecular complexity index is 524. The van der Waals surface area contributed by atoms with Crippen LogP contribution in [0.25, 0.3) is 0 Å². The molecule has 4 nitrogen and oxygen atoms in total. The van der Waals surface area contributed by atoms with Crippen LogP contribution < -0.4 is 0 Å². The maximum Gasteiger partial charge on any atom is 0.267 e. The minimum atomic E-state index is -0.00465.